The molecule has 0 amide bonds. The highest BCUT2D eigenvalue weighted by Crippen LogP contribution is 2.43. The van der Waals surface area contributed by atoms with Gasteiger partial charge in [0.1, 0.15) is 0 Å². The van der Waals surface area contributed by atoms with Crippen molar-refractivity contribution >= 4 is 8.80 Å². The first-order valence-corrected chi connectivity index (χ1v) is 6.77. The molecule has 0 saturated carbocycles. The summed E-state index contributed by atoms with van der Waals surface area (Å²) < 4.78 is 77.4. The van der Waals surface area contributed by atoms with Crippen molar-refractivity contribution in [1.82, 2.24) is 0 Å². The SMILES string of the molecule is CCO[Si](OCC)(OCC)C(F)(F)C(F)(F)F. The van der Waals surface area contributed by atoms with Crippen molar-refractivity contribution in [3.05, 3.63) is 0 Å². The minimum absolute atomic E-state index is 0.349. The van der Waals surface area contributed by atoms with E-state index in [1.807, 2.05) is 0 Å². The standard InChI is InChI=1S/C8H15F5O3Si/c1-4-14-17(15-5-2,16-6-3)8(12,13)7(9,10)11/h4-6H2,1-3H3. The second-order valence-corrected chi connectivity index (χ2v) is 5.53. The summed E-state index contributed by atoms with van der Waals surface area (Å²) in [6, 6.07) is 0. The van der Waals surface area contributed by atoms with Crippen molar-refractivity contribution in [1.29, 1.82) is 0 Å². The second kappa shape index (κ2) is 6.07. The van der Waals surface area contributed by atoms with Gasteiger partial charge >= 0.3 is 20.5 Å². The van der Waals surface area contributed by atoms with E-state index >= 15 is 0 Å². The lowest BCUT2D eigenvalue weighted by molar-refractivity contribution is -0.269. The lowest BCUT2D eigenvalue weighted by Gasteiger charge is -2.35. The molecule has 0 aromatic rings. The molecule has 0 bridgehead atoms. The first kappa shape index (κ1) is 16.7. The molecule has 0 aliphatic heterocycles. The van der Waals surface area contributed by atoms with Crippen molar-refractivity contribution in [2.75, 3.05) is 19.8 Å². The average molecular weight is 282 g/mol. The second-order valence-electron chi connectivity index (χ2n) is 2.93. The Morgan fingerprint density at radius 1 is 0.765 bits per heavy atom. The smallest absolute Gasteiger partial charge is 0.370 e. The Morgan fingerprint density at radius 3 is 1.24 bits per heavy atom. The van der Waals surface area contributed by atoms with Crippen molar-refractivity contribution in [2.45, 2.75) is 32.5 Å². The van der Waals surface area contributed by atoms with Crippen LogP contribution in [-0.4, -0.2) is 40.3 Å². The third-order valence-electron chi connectivity index (χ3n) is 1.74. The van der Waals surface area contributed by atoms with Crippen LogP contribution in [0.2, 0.25) is 0 Å². The van der Waals surface area contributed by atoms with Crippen molar-refractivity contribution in [3.8, 4) is 0 Å². The topological polar surface area (TPSA) is 27.7 Å². The van der Waals surface area contributed by atoms with Crippen molar-refractivity contribution in [2.24, 2.45) is 0 Å². The van der Waals surface area contributed by atoms with E-state index < -0.39 is 20.5 Å². The molecule has 0 radical (unpaired) electrons. The molecule has 0 rings (SSSR count). The van der Waals surface area contributed by atoms with Gasteiger partial charge in [0.15, 0.2) is 0 Å². The molecule has 17 heavy (non-hydrogen) atoms. The van der Waals surface area contributed by atoms with E-state index in [9.17, 15) is 22.0 Å². The predicted molar refractivity (Wildman–Crippen MR) is 51.6 cm³/mol. The lowest BCUT2D eigenvalue weighted by atomic mass is 10.7. The molecule has 3 nitrogen and oxygen atoms in total. The molecule has 9 heteroatoms. The lowest BCUT2D eigenvalue weighted by Crippen LogP contribution is -2.67. The summed E-state index contributed by atoms with van der Waals surface area (Å²) in [6.45, 7) is 2.85. The molecular formula is C8H15F5O3Si. The molecule has 0 spiro atoms. The van der Waals surface area contributed by atoms with Crippen LogP contribution in [0.1, 0.15) is 20.8 Å². The number of hydrogen-bond donors (Lipinski definition) is 0. The van der Waals surface area contributed by atoms with Crippen LogP contribution < -0.4 is 0 Å². The van der Waals surface area contributed by atoms with E-state index in [2.05, 4.69) is 13.3 Å². The predicted octanol–water partition coefficient (Wildman–Crippen LogP) is 2.77. The number of alkyl halides is 5. The molecule has 0 unspecified atom stereocenters. The van der Waals surface area contributed by atoms with Gasteiger partial charge in [-0.25, -0.2) is 0 Å². The van der Waals surface area contributed by atoms with E-state index in [1.54, 1.807) is 0 Å². The van der Waals surface area contributed by atoms with Gasteiger partial charge in [0, 0.05) is 19.8 Å². The minimum atomic E-state index is -5.77. The third-order valence-corrected chi connectivity index (χ3v) is 4.80. The molecule has 0 N–H and O–H groups in total. The Hall–Kier alpha value is -0.253. The largest absolute Gasteiger partial charge is 0.586 e. The highest BCUT2D eigenvalue weighted by Gasteiger charge is 2.78. The zero-order chi connectivity index (χ0) is 13.7. The van der Waals surface area contributed by atoms with E-state index in [0.29, 0.717) is 0 Å². The van der Waals surface area contributed by atoms with Gasteiger partial charge in [-0.2, -0.15) is 22.0 Å². The van der Waals surface area contributed by atoms with E-state index in [0.717, 1.165) is 0 Å². The van der Waals surface area contributed by atoms with Gasteiger partial charge < -0.3 is 13.3 Å². The van der Waals surface area contributed by atoms with E-state index in [-0.39, 0.29) is 19.8 Å². The Morgan fingerprint density at radius 2 is 1.06 bits per heavy atom. The van der Waals surface area contributed by atoms with Gasteiger partial charge in [-0.05, 0) is 20.8 Å². The van der Waals surface area contributed by atoms with Crippen LogP contribution in [-0.2, 0) is 13.3 Å². The summed E-state index contributed by atoms with van der Waals surface area (Å²) in [6.07, 6.45) is -5.77. The fourth-order valence-corrected chi connectivity index (χ4v) is 3.42. The van der Waals surface area contributed by atoms with Crippen LogP contribution in [0.4, 0.5) is 22.0 Å². The van der Waals surface area contributed by atoms with Crippen LogP contribution in [0.15, 0.2) is 0 Å². The van der Waals surface area contributed by atoms with E-state index in [1.165, 1.54) is 20.8 Å². The van der Waals surface area contributed by atoms with Crippen LogP contribution in [0, 0.1) is 0 Å². The number of halogens is 5. The third kappa shape index (κ3) is 3.36. The fourth-order valence-electron chi connectivity index (χ4n) is 1.14. The summed E-state index contributed by atoms with van der Waals surface area (Å²) in [5.41, 5.74) is -5.12. The maximum Gasteiger partial charge on any atom is 0.586 e. The Bertz CT molecular complexity index is 217. The van der Waals surface area contributed by atoms with Crippen LogP contribution in [0.5, 0.6) is 0 Å². The highest BCUT2D eigenvalue weighted by atomic mass is 28.4. The molecule has 0 saturated heterocycles. The molecule has 0 aromatic heterocycles. The van der Waals surface area contributed by atoms with Gasteiger partial charge in [-0.15, -0.1) is 0 Å². The minimum Gasteiger partial charge on any atom is -0.370 e. The van der Waals surface area contributed by atoms with Crippen LogP contribution >= 0.6 is 0 Å². The maximum atomic E-state index is 13.4. The van der Waals surface area contributed by atoms with Gasteiger partial charge in [-0.3, -0.25) is 0 Å². The van der Waals surface area contributed by atoms with Gasteiger partial charge in [0.25, 0.3) is 0 Å². The van der Waals surface area contributed by atoms with Crippen LogP contribution in [0.3, 0.4) is 0 Å². The quantitative estimate of drug-likeness (QED) is 0.531. The Balaban J connectivity index is 5.38. The van der Waals surface area contributed by atoms with Gasteiger partial charge in [0.2, 0.25) is 0 Å². The van der Waals surface area contributed by atoms with Crippen LogP contribution in [0.25, 0.3) is 0 Å². The zero-order valence-corrected chi connectivity index (χ0v) is 10.7. The Kier molecular flexibility index (Phi) is 5.98. The molecule has 104 valence electrons. The first-order chi connectivity index (χ1) is 7.68. The molecule has 0 aliphatic rings. The molecule has 0 aliphatic carbocycles. The zero-order valence-electron chi connectivity index (χ0n) is 9.74. The summed E-state index contributed by atoms with van der Waals surface area (Å²) in [5, 5.41) is 0. The van der Waals surface area contributed by atoms with Gasteiger partial charge in [0.05, 0.1) is 0 Å². The average Bonchev–Trinajstić information content (AvgIpc) is 2.16. The van der Waals surface area contributed by atoms with Crippen molar-refractivity contribution < 1.29 is 35.2 Å². The molecule has 0 aromatic carbocycles. The fraction of sp³-hybridized carbons (Fsp3) is 1.00. The summed E-state index contributed by atoms with van der Waals surface area (Å²) in [7, 11) is -5.12. The molecule has 0 fully saturated rings. The number of rotatable bonds is 7. The summed E-state index contributed by atoms with van der Waals surface area (Å²) in [5.74, 6) is 0. The first-order valence-electron chi connectivity index (χ1n) is 5.04. The van der Waals surface area contributed by atoms with Crippen molar-refractivity contribution in [3.63, 3.8) is 0 Å². The summed E-state index contributed by atoms with van der Waals surface area (Å²) in [4.78, 5) is 0. The maximum absolute atomic E-state index is 13.4. The molecule has 0 heterocycles. The Labute approximate surface area is 97.2 Å². The van der Waals surface area contributed by atoms with E-state index in [4.69, 9.17) is 0 Å². The van der Waals surface area contributed by atoms with Gasteiger partial charge in [-0.1, -0.05) is 0 Å². The normalized spacial score (nSPS) is 14.1. The number of hydrogen-bond acceptors (Lipinski definition) is 3. The monoisotopic (exact) mass is 282 g/mol. The molecule has 0 atom stereocenters. The highest BCUT2D eigenvalue weighted by molar-refractivity contribution is 6.63. The molecular weight excluding hydrogens is 267 g/mol. The summed E-state index contributed by atoms with van der Waals surface area (Å²) >= 11 is 0.